The van der Waals surface area contributed by atoms with Crippen LogP contribution in [0, 0.1) is 12.7 Å². The van der Waals surface area contributed by atoms with Crippen molar-refractivity contribution in [1.29, 1.82) is 0 Å². The number of fused-ring (bicyclic) bond motifs is 1. The lowest BCUT2D eigenvalue weighted by Gasteiger charge is -2.32. The SMILES string of the molecule is Cc1ccc(CCC(=O)N2CCC(Oc3cccc4cccnc34)CC2)cc1F. The van der Waals surface area contributed by atoms with Gasteiger partial charge in [-0.05, 0) is 42.7 Å². The van der Waals surface area contributed by atoms with E-state index in [0.717, 1.165) is 35.1 Å². The first-order valence-electron chi connectivity index (χ1n) is 10.1. The molecular weight excluding hydrogens is 367 g/mol. The van der Waals surface area contributed by atoms with Crippen LogP contribution in [0.2, 0.25) is 0 Å². The molecule has 1 saturated heterocycles. The van der Waals surface area contributed by atoms with E-state index in [9.17, 15) is 9.18 Å². The minimum Gasteiger partial charge on any atom is -0.488 e. The van der Waals surface area contributed by atoms with Gasteiger partial charge < -0.3 is 9.64 Å². The van der Waals surface area contributed by atoms with E-state index in [0.29, 0.717) is 31.5 Å². The van der Waals surface area contributed by atoms with Gasteiger partial charge in [0.15, 0.2) is 0 Å². The molecule has 2 aromatic carbocycles. The second-order valence-corrected chi connectivity index (χ2v) is 7.61. The molecule has 3 aromatic rings. The molecule has 4 nitrogen and oxygen atoms in total. The molecule has 1 fully saturated rings. The number of carbonyl (C=O) groups is 1. The van der Waals surface area contributed by atoms with Gasteiger partial charge in [0.2, 0.25) is 5.91 Å². The molecule has 1 aliphatic rings. The van der Waals surface area contributed by atoms with E-state index >= 15 is 0 Å². The van der Waals surface area contributed by atoms with Crippen LogP contribution in [0.3, 0.4) is 0 Å². The zero-order valence-corrected chi connectivity index (χ0v) is 16.6. The summed E-state index contributed by atoms with van der Waals surface area (Å²) in [5.74, 6) is 0.710. The normalized spacial score (nSPS) is 14.9. The molecule has 1 aromatic heterocycles. The first-order valence-corrected chi connectivity index (χ1v) is 10.1. The number of ether oxygens (including phenoxy) is 1. The Morgan fingerprint density at radius 2 is 1.97 bits per heavy atom. The number of hydrogen-bond acceptors (Lipinski definition) is 3. The third kappa shape index (κ3) is 4.56. The highest BCUT2D eigenvalue weighted by Crippen LogP contribution is 2.26. The van der Waals surface area contributed by atoms with Gasteiger partial charge in [-0.15, -0.1) is 0 Å². The number of benzene rings is 2. The molecule has 0 spiro atoms. The molecule has 0 radical (unpaired) electrons. The lowest BCUT2D eigenvalue weighted by molar-refractivity contribution is -0.132. The minimum atomic E-state index is -0.212. The van der Waals surface area contributed by atoms with Crippen LogP contribution >= 0.6 is 0 Å². The summed E-state index contributed by atoms with van der Waals surface area (Å²) in [5, 5.41) is 1.06. The van der Waals surface area contributed by atoms with Crippen LogP contribution in [-0.4, -0.2) is 35.0 Å². The van der Waals surface area contributed by atoms with E-state index in [-0.39, 0.29) is 17.8 Å². The number of amides is 1. The number of piperidine rings is 1. The number of aromatic nitrogens is 1. The van der Waals surface area contributed by atoms with Crippen molar-refractivity contribution in [3.63, 3.8) is 0 Å². The van der Waals surface area contributed by atoms with Crippen LogP contribution in [0.15, 0.2) is 54.7 Å². The van der Waals surface area contributed by atoms with Gasteiger partial charge in [0.25, 0.3) is 0 Å². The molecule has 0 saturated carbocycles. The van der Waals surface area contributed by atoms with Crippen LogP contribution in [0.4, 0.5) is 4.39 Å². The number of aryl methyl sites for hydroxylation is 2. The van der Waals surface area contributed by atoms with Crippen LogP contribution in [0.25, 0.3) is 10.9 Å². The summed E-state index contributed by atoms with van der Waals surface area (Å²) in [5.41, 5.74) is 2.37. The van der Waals surface area contributed by atoms with E-state index in [4.69, 9.17) is 4.74 Å². The van der Waals surface area contributed by atoms with Crippen molar-refractivity contribution in [2.45, 2.75) is 38.7 Å². The Kier molecular flexibility index (Phi) is 5.74. The highest BCUT2D eigenvalue weighted by Gasteiger charge is 2.24. The molecule has 5 heteroatoms. The zero-order chi connectivity index (χ0) is 20.2. The Morgan fingerprint density at radius 1 is 1.17 bits per heavy atom. The molecule has 1 aliphatic heterocycles. The molecule has 29 heavy (non-hydrogen) atoms. The van der Waals surface area contributed by atoms with Gasteiger partial charge in [-0.25, -0.2) is 4.39 Å². The van der Waals surface area contributed by atoms with Gasteiger partial charge in [-0.2, -0.15) is 0 Å². The number of carbonyl (C=O) groups excluding carboxylic acids is 1. The average Bonchev–Trinajstić information content (AvgIpc) is 2.75. The summed E-state index contributed by atoms with van der Waals surface area (Å²) in [6.45, 7) is 3.11. The van der Waals surface area contributed by atoms with E-state index in [1.807, 2.05) is 41.3 Å². The van der Waals surface area contributed by atoms with Gasteiger partial charge >= 0.3 is 0 Å². The van der Waals surface area contributed by atoms with E-state index in [2.05, 4.69) is 4.98 Å². The first-order chi connectivity index (χ1) is 14.1. The molecule has 0 bridgehead atoms. The van der Waals surface area contributed by atoms with Crippen molar-refractivity contribution in [3.05, 3.63) is 71.7 Å². The summed E-state index contributed by atoms with van der Waals surface area (Å²) >= 11 is 0. The fraction of sp³-hybridized carbons (Fsp3) is 0.333. The number of para-hydroxylation sites is 1. The topological polar surface area (TPSA) is 42.4 Å². The van der Waals surface area contributed by atoms with Gasteiger partial charge in [-0.1, -0.05) is 30.3 Å². The van der Waals surface area contributed by atoms with E-state index in [1.165, 1.54) is 6.07 Å². The summed E-state index contributed by atoms with van der Waals surface area (Å²) in [4.78, 5) is 18.9. The minimum absolute atomic E-state index is 0.0813. The van der Waals surface area contributed by atoms with Crippen molar-refractivity contribution >= 4 is 16.8 Å². The highest BCUT2D eigenvalue weighted by atomic mass is 19.1. The highest BCUT2D eigenvalue weighted by molar-refractivity contribution is 5.84. The Bertz CT molecular complexity index is 1010. The molecular formula is C24H25FN2O2. The first kappa shape index (κ1) is 19.4. The maximum atomic E-state index is 13.7. The van der Waals surface area contributed by atoms with Gasteiger partial charge in [0, 0.05) is 43.9 Å². The molecule has 4 rings (SSSR count). The van der Waals surface area contributed by atoms with Crippen molar-refractivity contribution in [2.24, 2.45) is 0 Å². The number of likely N-dealkylation sites (tertiary alicyclic amines) is 1. The monoisotopic (exact) mass is 392 g/mol. The summed E-state index contributed by atoms with van der Waals surface area (Å²) < 4.78 is 19.9. The summed E-state index contributed by atoms with van der Waals surface area (Å²) in [7, 11) is 0. The lowest BCUT2D eigenvalue weighted by Crippen LogP contribution is -2.41. The van der Waals surface area contributed by atoms with Crippen molar-refractivity contribution in [1.82, 2.24) is 9.88 Å². The van der Waals surface area contributed by atoms with E-state index < -0.39 is 0 Å². The number of halogens is 1. The van der Waals surface area contributed by atoms with Gasteiger partial charge in [0.1, 0.15) is 23.2 Å². The van der Waals surface area contributed by atoms with Crippen LogP contribution in [-0.2, 0) is 11.2 Å². The summed E-state index contributed by atoms with van der Waals surface area (Å²) in [6.07, 6.45) is 4.42. The second-order valence-electron chi connectivity index (χ2n) is 7.61. The Balaban J connectivity index is 1.29. The van der Waals surface area contributed by atoms with Crippen molar-refractivity contribution < 1.29 is 13.9 Å². The Hall–Kier alpha value is -2.95. The fourth-order valence-electron chi connectivity index (χ4n) is 3.78. The predicted octanol–water partition coefficient (Wildman–Crippen LogP) is 4.68. The number of hydrogen-bond donors (Lipinski definition) is 0. The number of pyridine rings is 1. The van der Waals surface area contributed by atoms with Gasteiger partial charge in [0.05, 0.1) is 0 Å². The standard InChI is InChI=1S/C24H25FN2O2/c1-17-7-8-18(16-21(17)25)9-10-23(28)27-14-11-20(12-15-27)29-22-6-2-4-19-5-3-13-26-24(19)22/h2-8,13,16,20H,9-12,14-15H2,1H3. The third-order valence-corrected chi connectivity index (χ3v) is 5.55. The molecule has 0 unspecified atom stereocenters. The molecule has 150 valence electrons. The number of rotatable bonds is 5. The summed E-state index contributed by atoms with van der Waals surface area (Å²) in [6, 6.07) is 15.1. The lowest BCUT2D eigenvalue weighted by atomic mass is 10.0. The average molecular weight is 392 g/mol. The van der Waals surface area contributed by atoms with Crippen molar-refractivity contribution in [3.8, 4) is 5.75 Å². The zero-order valence-electron chi connectivity index (χ0n) is 16.6. The molecule has 0 aliphatic carbocycles. The Labute approximate surface area is 170 Å². The smallest absolute Gasteiger partial charge is 0.222 e. The fourth-order valence-corrected chi connectivity index (χ4v) is 3.78. The maximum absolute atomic E-state index is 13.7. The van der Waals surface area contributed by atoms with Crippen LogP contribution in [0.5, 0.6) is 5.75 Å². The quantitative estimate of drug-likeness (QED) is 0.633. The third-order valence-electron chi connectivity index (χ3n) is 5.55. The number of nitrogens with zero attached hydrogens (tertiary/aromatic N) is 2. The predicted molar refractivity (Wildman–Crippen MR) is 111 cm³/mol. The van der Waals surface area contributed by atoms with Crippen molar-refractivity contribution in [2.75, 3.05) is 13.1 Å². The molecule has 2 heterocycles. The van der Waals surface area contributed by atoms with E-state index in [1.54, 1.807) is 19.2 Å². The van der Waals surface area contributed by atoms with Crippen LogP contribution < -0.4 is 4.74 Å². The largest absolute Gasteiger partial charge is 0.488 e. The molecule has 1 amide bonds. The molecule has 0 N–H and O–H groups in total. The van der Waals surface area contributed by atoms with Gasteiger partial charge in [-0.3, -0.25) is 9.78 Å². The second kappa shape index (κ2) is 8.60. The maximum Gasteiger partial charge on any atom is 0.222 e. The van der Waals surface area contributed by atoms with Crippen LogP contribution in [0.1, 0.15) is 30.4 Å². The Morgan fingerprint density at radius 3 is 2.76 bits per heavy atom. The molecule has 0 atom stereocenters.